The van der Waals surface area contributed by atoms with Gasteiger partial charge in [0, 0.05) is 17.9 Å². The van der Waals surface area contributed by atoms with Gasteiger partial charge in [0.25, 0.3) is 5.22 Å². The Morgan fingerprint density at radius 2 is 1.97 bits per heavy atom. The maximum atomic E-state index is 12.1. The second-order valence-electron chi connectivity index (χ2n) is 6.07. The summed E-state index contributed by atoms with van der Waals surface area (Å²) in [4.78, 5) is 12.1. The third-order valence-electron chi connectivity index (χ3n) is 4.08. The van der Waals surface area contributed by atoms with Crippen LogP contribution in [0.2, 0.25) is 0 Å². The average molecular weight is 410 g/mol. The van der Waals surface area contributed by atoms with E-state index >= 15 is 0 Å². The maximum absolute atomic E-state index is 12.1. The molecule has 29 heavy (non-hydrogen) atoms. The van der Waals surface area contributed by atoms with E-state index in [0.29, 0.717) is 29.8 Å². The number of nitrogens with zero attached hydrogens (tertiary/aromatic N) is 5. The zero-order chi connectivity index (χ0) is 20.1. The molecule has 0 radical (unpaired) electrons. The number of benzene rings is 2. The highest BCUT2D eigenvalue weighted by Gasteiger charge is 2.11. The number of rotatable bonds is 8. The Balaban J connectivity index is 1.26. The highest BCUT2D eigenvalue weighted by Crippen LogP contribution is 2.19. The molecule has 0 aliphatic rings. The molecule has 0 saturated heterocycles. The van der Waals surface area contributed by atoms with Gasteiger partial charge < -0.3 is 14.5 Å². The van der Waals surface area contributed by atoms with Crippen LogP contribution in [-0.4, -0.2) is 44.0 Å². The van der Waals surface area contributed by atoms with E-state index in [1.54, 1.807) is 36.1 Å². The summed E-state index contributed by atoms with van der Waals surface area (Å²) in [5.74, 6) is 1.61. The lowest BCUT2D eigenvalue weighted by molar-refractivity contribution is -0.115. The summed E-state index contributed by atoms with van der Waals surface area (Å²) in [7, 11) is 1.60. The molecule has 4 rings (SSSR count). The molecule has 148 valence electrons. The van der Waals surface area contributed by atoms with Crippen LogP contribution in [0.25, 0.3) is 11.0 Å². The van der Waals surface area contributed by atoms with E-state index in [1.165, 1.54) is 11.8 Å². The molecular weight excluding hydrogens is 392 g/mol. The molecule has 0 aliphatic carbocycles. The van der Waals surface area contributed by atoms with Crippen molar-refractivity contribution in [2.24, 2.45) is 0 Å². The summed E-state index contributed by atoms with van der Waals surface area (Å²) in [5.41, 5.74) is 2.43. The number of nitrogens with one attached hydrogen (secondary N) is 1. The van der Waals surface area contributed by atoms with E-state index in [4.69, 9.17) is 9.15 Å². The number of para-hydroxylation sites is 1. The number of carbonyl (C=O) groups excluding carboxylic acids is 1. The van der Waals surface area contributed by atoms with Gasteiger partial charge in [0.1, 0.15) is 17.8 Å². The number of carbonyl (C=O) groups is 1. The summed E-state index contributed by atoms with van der Waals surface area (Å²) < 4.78 is 12.4. The number of fused-ring (bicyclic) bond motifs is 1. The average Bonchev–Trinajstić information content (AvgIpc) is 3.36. The van der Waals surface area contributed by atoms with Gasteiger partial charge in [-0.25, -0.2) is 4.68 Å². The molecule has 0 atom stereocenters. The Morgan fingerprint density at radius 3 is 2.79 bits per heavy atom. The first kappa shape index (κ1) is 18.9. The Labute approximate surface area is 170 Å². The van der Waals surface area contributed by atoms with Gasteiger partial charge in [0.15, 0.2) is 0 Å². The van der Waals surface area contributed by atoms with Gasteiger partial charge in [-0.15, -0.1) is 15.3 Å². The zero-order valence-corrected chi connectivity index (χ0v) is 16.4. The zero-order valence-electron chi connectivity index (χ0n) is 15.6. The number of aromatic nitrogens is 5. The lowest BCUT2D eigenvalue weighted by Gasteiger charge is -2.05. The van der Waals surface area contributed by atoms with E-state index in [9.17, 15) is 4.79 Å². The molecule has 0 fully saturated rings. The number of amides is 1. The number of thioether (sulfide) groups is 1. The fourth-order valence-corrected chi connectivity index (χ4v) is 3.37. The molecule has 2 heterocycles. The fourth-order valence-electron chi connectivity index (χ4n) is 2.65. The Hall–Kier alpha value is -3.40. The van der Waals surface area contributed by atoms with Crippen LogP contribution in [-0.2, 0) is 11.3 Å². The Morgan fingerprint density at radius 1 is 1.14 bits per heavy atom. The van der Waals surface area contributed by atoms with Gasteiger partial charge in [-0.2, -0.15) is 0 Å². The summed E-state index contributed by atoms with van der Waals surface area (Å²) >= 11 is 1.34. The maximum Gasteiger partial charge on any atom is 0.276 e. The van der Waals surface area contributed by atoms with Crippen molar-refractivity contribution in [3.63, 3.8) is 0 Å². The topological polar surface area (TPSA) is 108 Å². The van der Waals surface area contributed by atoms with E-state index < -0.39 is 0 Å². The largest absolute Gasteiger partial charge is 0.497 e. The van der Waals surface area contributed by atoms with Crippen molar-refractivity contribution in [2.45, 2.75) is 18.2 Å². The molecule has 2 aromatic heterocycles. The number of anilines is 1. The third-order valence-corrected chi connectivity index (χ3v) is 4.90. The highest BCUT2D eigenvalue weighted by atomic mass is 32.2. The molecule has 10 heteroatoms. The van der Waals surface area contributed by atoms with Crippen molar-refractivity contribution >= 4 is 34.4 Å². The predicted octanol–water partition coefficient (Wildman–Crippen LogP) is 2.99. The minimum atomic E-state index is -0.0866. The highest BCUT2D eigenvalue weighted by molar-refractivity contribution is 7.99. The molecule has 2 aromatic carbocycles. The first-order chi connectivity index (χ1) is 14.2. The van der Waals surface area contributed by atoms with Gasteiger partial charge in [-0.3, -0.25) is 4.79 Å². The smallest absolute Gasteiger partial charge is 0.276 e. The number of ether oxygens (including phenoxy) is 1. The number of methoxy groups -OCH3 is 1. The number of hydrogen-bond donors (Lipinski definition) is 1. The quantitative estimate of drug-likeness (QED) is 0.442. The minimum absolute atomic E-state index is 0.0866. The van der Waals surface area contributed by atoms with Crippen LogP contribution >= 0.6 is 11.8 Å². The van der Waals surface area contributed by atoms with Crippen molar-refractivity contribution in [1.29, 1.82) is 0 Å². The monoisotopic (exact) mass is 410 g/mol. The lowest BCUT2D eigenvalue weighted by Crippen LogP contribution is -2.12. The molecule has 1 amide bonds. The molecule has 4 aromatic rings. The van der Waals surface area contributed by atoms with E-state index in [1.807, 2.05) is 24.3 Å². The van der Waals surface area contributed by atoms with E-state index in [0.717, 1.165) is 22.5 Å². The van der Waals surface area contributed by atoms with Gasteiger partial charge >= 0.3 is 0 Å². The van der Waals surface area contributed by atoms with Crippen LogP contribution in [0.3, 0.4) is 0 Å². The van der Waals surface area contributed by atoms with Crippen LogP contribution in [0.15, 0.2) is 58.2 Å². The van der Waals surface area contributed by atoms with Gasteiger partial charge in [0.05, 0.1) is 12.6 Å². The first-order valence-electron chi connectivity index (χ1n) is 8.88. The normalized spacial score (nSPS) is 10.9. The van der Waals surface area contributed by atoms with Gasteiger partial charge in [-0.1, -0.05) is 29.1 Å². The predicted molar refractivity (Wildman–Crippen MR) is 108 cm³/mol. The molecule has 0 unspecified atom stereocenters. The standard InChI is InChI=1S/C19H18N6O3S/c1-27-14-8-6-13(7-9-14)20-17(26)10-11-29-19-23-22-18(28-19)12-25-16-5-3-2-4-15(16)21-24-25/h2-9H,10-12H2,1H3,(H,20,26). The molecule has 0 saturated carbocycles. The molecule has 9 nitrogen and oxygen atoms in total. The first-order valence-corrected chi connectivity index (χ1v) is 9.87. The Kier molecular flexibility index (Phi) is 5.71. The van der Waals surface area contributed by atoms with Crippen LogP contribution in [0.5, 0.6) is 5.75 Å². The molecule has 0 spiro atoms. The van der Waals surface area contributed by atoms with Crippen LogP contribution in [0.1, 0.15) is 12.3 Å². The molecular formula is C19H18N6O3S. The number of hydrogen-bond acceptors (Lipinski definition) is 8. The second kappa shape index (κ2) is 8.74. The van der Waals surface area contributed by atoms with Gasteiger partial charge in [-0.05, 0) is 36.4 Å². The molecule has 0 bridgehead atoms. The lowest BCUT2D eigenvalue weighted by atomic mass is 10.3. The van der Waals surface area contributed by atoms with Crippen molar-refractivity contribution in [3.05, 3.63) is 54.4 Å². The van der Waals surface area contributed by atoms with Crippen LogP contribution < -0.4 is 10.1 Å². The third kappa shape index (κ3) is 4.72. The van der Waals surface area contributed by atoms with E-state index in [2.05, 4.69) is 25.8 Å². The van der Waals surface area contributed by atoms with Crippen molar-refractivity contribution in [1.82, 2.24) is 25.2 Å². The summed E-state index contributed by atoms with van der Waals surface area (Å²) in [6, 6.07) is 14.8. The summed E-state index contributed by atoms with van der Waals surface area (Å²) in [6.07, 6.45) is 0.322. The van der Waals surface area contributed by atoms with Crippen LogP contribution in [0.4, 0.5) is 5.69 Å². The van der Waals surface area contributed by atoms with Crippen LogP contribution in [0, 0.1) is 0 Å². The SMILES string of the molecule is COc1ccc(NC(=O)CCSc2nnc(Cn3nnc4ccccc43)o2)cc1. The fraction of sp³-hybridized carbons (Fsp3) is 0.211. The minimum Gasteiger partial charge on any atom is -0.497 e. The summed E-state index contributed by atoms with van der Waals surface area (Å²) in [5, 5.41) is 19.5. The van der Waals surface area contributed by atoms with Gasteiger partial charge in [0.2, 0.25) is 11.8 Å². The second-order valence-corrected chi connectivity index (χ2v) is 7.12. The van der Waals surface area contributed by atoms with Crippen molar-refractivity contribution < 1.29 is 13.9 Å². The Bertz CT molecular complexity index is 1110. The molecule has 1 N–H and O–H groups in total. The van der Waals surface area contributed by atoms with Crippen molar-refractivity contribution in [3.8, 4) is 5.75 Å². The van der Waals surface area contributed by atoms with E-state index in [-0.39, 0.29) is 5.91 Å². The molecule has 0 aliphatic heterocycles. The van der Waals surface area contributed by atoms with Crippen molar-refractivity contribution in [2.75, 3.05) is 18.2 Å². The summed E-state index contributed by atoms with van der Waals surface area (Å²) in [6.45, 7) is 0.339.